The summed E-state index contributed by atoms with van der Waals surface area (Å²) in [6.45, 7) is 0. The monoisotopic (exact) mass is 282 g/mol. The summed E-state index contributed by atoms with van der Waals surface area (Å²) in [5.74, 6) is 0. The van der Waals surface area contributed by atoms with Gasteiger partial charge in [0.2, 0.25) is 22.2 Å². The van der Waals surface area contributed by atoms with Gasteiger partial charge in [-0.15, -0.1) is 0 Å². The van der Waals surface area contributed by atoms with Gasteiger partial charge in [0.05, 0.1) is 21.2 Å². The molecule has 0 saturated carbocycles. The molecule has 8 heteroatoms. The highest BCUT2D eigenvalue weighted by molar-refractivity contribution is 7.81. The molecule has 0 bridgehead atoms. The van der Waals surface area contributed by atoms with Crippen LogP contribution in [-0.4, -0.2) is 8.42 Å². The Bertz CT molecular complexity index is 684. The quantitative estimate of drug-likeness (QED) is 0.764. The normalized spacial score (nSPS) is 24.4. The van der Waals surface area contributed by atoms with Crippen molar-refractivity contribution < 1.29 is 17.0 Å². The van der Waals surface area contributed by atoms with E-state index in [0.717, 1.165) is 10.8 Å². The summed E-state index contributed by atoms with van der Waals surface area (Å²) in [5, 5.41) is 1.50. The lowest BCUT2D eigenvalue weighted by Gasteiger charge is -2.23. The van der Waals surface area contributed by atoms with Gasteiger partial charge >= 0.3 is 0 Å². The van der Waals surface area contributed by atoms with E-state index in [4.69, 9.17) is 8.57 Å². The molecule has 0 amide bonds. The van der Waals surface area contributed by atoms with Crippen molar-refractivity contribution in [2.75, 3.05) is 11.0 Å². The van der Waals surface area contributed by atoms with E-state index in [1.54, 1.807) is 24.3 Å². The first-order valence-electron chi connectivity index (χ1n) is 5.05. The Morgan fingerprint density at radius 2 is 1.22 bits per heavy atom. The lowest BCUT2D eigenvalue weighted by atomic mass is 10.1. The van der Waals surface area contributed by atoms with Crippen LogP contribution in [0.15, 0.2) is 34.1 Å². The number of benzene rings is 2. The number of nitrogens with one attached hydrogen (secondary N) is 2. The number of anilines is 2. The summed E-state index contributed by atoms with van der Waals surface area (Å²) in [5.41, 5.74) is 6.65. The lowest BCUT2D eigenvalue weighted by Crippen LogP contribution is -2.17. The highest BCUT2D eigenvalue weighted by Gasteiger charge is 2.27. The average Bonchev–Trinajstić information content (AvgIpc) is 2.40. The van der Waals surface area contributed by atoms with Crippen LogP contribution >= 0.6 is 0 Å². The SMILES string of the molecule is O=S1ONc2ccc3c4c(ccc1c24)S(=O)ON3. The third-order valence-corrected chi connectivity index (χ3v) is 4.77. The maximum absolute atomic E-state index is 11.8. The first-order chi connectivity index (χ1) is 8.75. The van der Waals surface area contributed by atoms with E-state index in [0.29, 0.717) is 21.2 Å². The second-order valence-electron chi connectivity index (χ2n) is 3.81. The standard InChI is InChI=1S/C10H6N2O4S2/c13-17-7-3-4-8-10-6(12-16-18(8)14)2-1-5(9(7)10)11-15-17/h1-4,11-12H. The largest absolute Gasteiger partial charge is 0.250 e. The summed E-state index contributed by atoms with van der Waals surface area (Å²) in [4.78, 5) is 1.12. The first-order valence-corrected chi connectivity index (χ1v) is 7.20. The molecular weight excluding hydrogens is 276 g/mol. The molecule has 2 heterocycles. The van der Waals surface area contributed by atoms with Gasteiger partial charge in [-0.25, -0.2) is 8.42 Å². The molecule has 2 aliphatic rings. The molecular formula is C10H6N2O4S2. The summed E-state index contributed by atoms with van der Waals surface area (Å²) in [6.07, 6.45) is 0. The van der Waals surface area contributed by atoms with Gasteiger partial charge in [0.25, 0.3) is 0 Å². The molecule has 2 aromatic carbocycles. The van der Waals surface area contributed by atoms with Gasteiger partial charge in [-0.3, -0.25) is 11.0 Å². The van der Waals surface area contributed by atoms with Gasteiger partial charge in [0.15, 0.2) is 0 Å². The van der Waals surface area contributed by atoms with Crippen LogP contribution in [0, 0.1) is 0 Å². The Labute approximate surface area is 107 Å². The Morgan fingerprint density at radius 3 is 1.67 bits per heavy atom. The van der Waals surface area contributed by atoms with Crippen LogP contribution in [0.4, 0.5) is 11.4 Å². The zero-order chi connectivity index (χ0) is 12.3. The van der Waals surface area contributed by atoms with Crippen molar-refractivity contribution in [1.29, 1.82) is 0 Å². The molecule has 0 aliphatic carbocycles. The van der Waals surface area contributed by atoms with Gasteiger partial charge in [0.1, 0.15) is 0 Å². The van der Waals surface area contributed by atoms with E-state index in [-0.39, 0.29) is 0 Å². The van der Waals surface area contributed by atoms with Gasteiger partial charge in [-0.1, -0.05) is 0 Å². The molecule has 18 heavy (non-hydrogen) atoms. The number of hydrogen-bond donors (Lipinski definition) is 2. The molecule has 2 N–H and O–H groups in total. The molecule has 2 unspecified atom stereocenters. The fraction of sp³-hybridized carbons (Fsp3) is 0. The minimum Gasteiger partial charge on any atom is -0.250 e. The minimum absolute atomic E-state index is 0.560. The molecule has 2 aliphatic heterocycles. The van der Waals surface area contributed by atoms with Gasteiger partial charge in [-0.2, -0.15) is 8.57 Å². The second kappa shape index (κ2) is 3.51. The van der Waals surface area contributed by atoms with Crippen LogP contribution in [0.3, 0.4) is 0 Å². The van der Waals surface area contributed by atoms with E-state index in [1.807, 2.05) is 0 Å². The summed E-state index contributed by atoms with van der Waals surface area (Å²) in [7, 11) is 0. The number of hydrogen-bond acceptors (Lipinski definition) is 6. The van der Waals surface area contributed by atoms with E-state index < -0.39 is 22.2 Å². The third-order valence-electron chi connectivity index (χ3n) is 2.90. The summed E-state index contributed by atoms with van der Waals surface area (Å²) < 4.78 is 33.5. The predicted molar refractivity (Wildman–Crippen MR) is 66.2 cm³/mol. The van der Waals surface area contributed by atoms with E-state index >= 15 is 0 Å². The van der Waals surface area contributed by atoms with Crippen LogP contribution < -0.4 is 11.0 Å². The van der Waals surface area contributed by atoms with Crippen molar-refractivity contribution in [1.82, 2.24) is 0 Å². The van der Waals surface area contributed by atoms with Crippen molar-refractivity contribution in [3.05, 3.63) is 24.3 Å². The Hall–Kier alpha value is -1.48. The Balaban J connectivity index is 2.24. The van der Waals surface area contributed by atoms with E-state index in [1.165, 1.54) is 0 Å². The highest BCUT2D eigenvalue weighted by atomic mass is 32.2. The van der Waals surface area contributed by atoms with Crippen LogP contribution in [0.1, 0.15) is 0 Å². The highest BCUT2D eigenvalue weighted by Crippen LogP contribution is 2.42. The van der Waals surface area contributed by atoms with E-state index in [9.17, 15) is 8.42 Å². The molecule has 0 aromatic heterocycles. The molecule has 4 rings (SSSR count). The van der Waals surface area contributed by atoms with Gasteiger partial charge < -0.3 is 0 Å². The van der Waals surface area contributed by atoms with E-state index in [2.05, 4.69) is 11.0 Å². The maximum atomic E-state index is 11.8. The molecule has 92 valence electrons. The third kappa shape index (κ3) is 1.23. The Morgan fingerprint density at radius 1 is 0.778 bits per heavy atom. The van der Waals surface area contributed by atoms with Crippen molar-refractivity contribution in [2.45, 2.75) is 9.79 Å². The molecule has 2 atom stereocenters. The molecule has 6 nitrogen and oxygen atoms in total. The predicted octanol–water partition coefficient (Wildman–Crippen LogP) is 1.60. The zero-order valence-corrected chi connectivity index (χ0v) is 10.4. The van der Waals surface area contributed by atoms with Crippen LogP contribution in [0.5, 0.6) is 0 Å². The second-order valence-corrected chi connectivity index (χ2v) is 5.96. The first kappa shape index (κ1) is 10.4. The smallest absolute Gasteiger partial charge is 0.212 e. The Kier molecular flexibility index (Phi) is 2.04. The fourth-order valence-electron chi connectivity index (χ4n) is 2.14. The van der Waals surface area contributed by atoms with Crippen LogP contribution in [0.25, 0.3) is 10.8 Å². The maximum Gasteiger partial charge on any atom is 0.212 e. The average molecular weight is 282 g/mol. The molecule has 0 spiro atoms. The fourth-order valence-corrected chi connectivity index (χ4v) is 3.76. The minimum atomic E-state index is -1.57. The van der Waals surface area contributed by atoms with Gasteiger partial charge in [-0.05, 0) is 24.3 Å². The number of rotatable bonds is 0. The molecule has 0 fully saturated rings. The van der Waals surface area contributed by atoms with Gasteiger partial charge in [0, 0.05) is 10.8 Å². The summed E-state index contributed by atoms with van der Waals surface area (Å²) >= 11 is -3.15. The van der Waals surface area contributed by atoms with Crippen molar-refractivity contribution in [3.63, 3.8) is 0 Å². The molecule has 0 radical (unpaired) electrons. The summed E-state index contributed by atoms with van der Waals surface area (Å²) in [6, 6.07) is 6.86. The van der Waals surface area contributed by atoms with Crippen molar-refractivity contribution >= 4 is 44.3 Å². The molecule has 2 aromatic rings. The molecule has 0 saturated heterocycles. The lowest BCUT2D eigenvalue weighted by molar-refractivity contribution is 0.429. The van der Waals surface area contributed by atoms with Crippen LogP contribution in [0.2, 0.25) is 0 Å². The van der Waals surface area contributed by atoms with Crippen molar-refractivity contribution in [2.24, 2.45) is 0 Å². The van der Waals surface area contributed by atoms with Crippen molar-refractivity contribution in [3.8, 4) is 0 Å². The topological polar surface area (TPSA) is 76.7 Å². The van der Waals surface area contributed by atoms with Crippen LogP contribution in [-0.2, 0) is 30.7 Å². The zero-order valence-electron chi connectivity index (χ0n) is 8.76.